The molecule has 128 valence electrons. The van der Waals surface area contributed by atoms with Crippen LogP contribution in [0.1, 0.15) is 37.7 Å². The molecule has 2 heterocycles. The summed E-state index contributed by atoms with van der Waals surface area (Å²) in [6.45, 7) is 2.07. The van der Waals surface area contributed by atoms with Crippen LogP contribution in [0, 0.1) is 11.8 Å². The highest BCUT2D eigenvalue weighted by atomic mass is 16.5. The van der Waals surface area contributed by atoms with Crippen LogP contribution in [-0.4, -0.2) is 41.6 Å². The fraction of sp³-hybridized carbons (Fsp3) is 0.579. The molecule has 1 aliphatic carbocycles. The third kappa shape index (κ3) is 2.56. The van der Waals surface area contributed by atoms with E-state index in [1.54, 1.807) is 0 Å². The van der Waals surface area contributed by atoms with Crippen molar-refractivity contribution in [2.24, 2.45) is 11.8 Å². The fourth-order valence-corrected chi connectivity index (χ4v) is 4.51. The van der Waals surface area contributed by atoms with Gasteiger partial charge in [0.05, 0.1) is 6.61 Å². The molecule has 0 bridgehead atoms. The van der Waals surface area contributed by atoms with Crippen molar-refractivity contribution >= 4 is 11.9 Å². The Balaban J connectivity index is 1.42. The first-order chi connectivity index (χ1) is 11.6. The minimum Gasteiger partial charge on any atom is -0.493 e. The Labute approximate surface area is 141 Å². The van der Waals surface area contributed by atoms with E-state index in [2.05, 4.69) is 6.07 Å². The van der Waals surface area contributed by atoms with Crippen molar-refractivity contribution in [1.29, 1.82) is 0 Å². The number of hydrogen-bond acceptors (Lipinski definition) is 3. The van der Waals surface area contributed by atoms with E-state index in [4.69, 9.17) is 9.84 Å². The number of hydrogen-bond donors (Lipinski definition) is 1. The SMILES string of the molecule is O=C(O)CC1CCN(C(=O)[C@@H]2C[C@]23CCOc2ccccc23)CC1. The number of carbonyl (C=O) groups excluding carboxylic acids is 1. The van der Waals surface area contributed by atoms with Gasteiger partial charge in [0, 0.05) is 36.4 Å². The summed E-state index contributed by atoms with van der Waals surface area (Å²) in [5, 5.41) is 8.91. The molecule has 1 spiro atoms. The van der Waals surface area contributed by atoms with Crippen LogP contribution in [0.3, 0.4) is 0 Å². The van der Waals surface area contributed by atoms with Crippen LogP contribution in [0.5, 0.6) is 5.75 Å². The molecule has 3 aliphatic rings. The minimum absolute atomic E-state index is 0.0240. The van der Waals surface area contributed by atoms with Gasteiger partial charge in [-0.3, -0.25) is 9.59 Å². The second-order valence-corrected chi connectivity index (χ2v) is 7.37. The molecule has 2 atom stereocenters. The van der Waals surface area contributed by atoms with Crippen molar-refractivity contribution in [2.75, 3.05) is 19.7 Å². The van der Waals surface area contributed by atoms with Gasteiger partial charge in [0.25, 0.3) is 0 Å². The van der Waals surface area contributed by atoms with E-state index < -0.39 is 5.97 Å². The molecule has 4 rings (SSSR count). The van der Waals surface area contributed by atoms with E-state index >= 15 is 0 Å². The third-order valence-corrected chi connectivity index (χ3v) is 5.99. The van der Waals surface area contributed by atoms with Gasteiger partial charge in [0.15, 0.2) is 0 Å². The molecule has 1 aromatic rings. The molecule has 24 heavy (non-hydrogen) atoms. The first kappa shape index (κ1) is 15.5. The van der Waals surface area contributed by atoms with Gasteiger partial charge in [-0.15, -0.1) is 0 Å². The summed E-state index contributed by atoms with van der Waals surface area (Å²) in [6.07, 6.45) is 3.66. The Bertz CT molecular complexity index is 665. The smallest absolute Gasteiger partial charge is 0.303 e. The molecule has 1 aromatic carbocycles. The van der Waals surface area contributed by atoms with Gasteiger partial charge >= 0.3 is 5.97 Å². The Morgan fingerprint density at radius 1 is 1.25 bits per heavy atom. The maximum Gasteiger partial charge on any atom is 0.303 e. The Kier molecular flexibility index (Phi) is 3.74. The normalized spacial score (nSPS) is 29.0. The summed E-state index contributed by atoms with van der Waals surface area (Å²) >= 11 is 0. The van der Waals surface area contributed by atoms with Crippen molar-refractivity contribution < 1.29 is 19.4 Å². The highest BCUT2D eigenvalue weighted by molar-refractivity contribution is 5.85. The summed E-state index contributed by atoms with van der Waals surface area (Å²) in [6, 6.07) is 8.09. The number of para-hydroxylation sites is 1. The minimum atomic E-state index is -0.736. The lowest BCUT2D eigenvalue weighted by molar-refractivity contribution is -0.139. The predicted octanol–water partition coefficient (Wildman–Crippen LogP) is 2.44. The number of likely N-dealkylation sites (tertiary alicyclic amines) is 1. The van der Waals surface area contributed by atoms with E-state index in [1.807, 2.05) is 23.1 Å². The lowest BCUT2D eigenvalue weighted by Gasteiger charge is -2.33. The van der Waals surface area contributed by atoms with Crippen molar-refractivity contribution in [3.05, 3.63) is 29.8 Å². The number of benzene rings is 1. The number of piperidine rings is 1. The van der Waals surface area contributed by atoms with Crippen molar-refractivity contribution in [3.8, 4) is 5.75 Å². The lowest BCUT2D eigenvalue weighted by atomic mass is 9.87. The standard InChI is InChI=1S/C19H23NO4/c21-17(22)11-13-5-8-20(9-6-13)18(23)15-12-19(15)7-10-24-16-4-2-1-3-14(16)19/h1-4,13,15H,5-12H2,(H,21,22)/t15-,19-/m0/s1. The number of rotatable bonds is 3. The topological polar surface area (TPSA) is 66.8 Å². The number of ether oxygens (including phenoxy) is 1. The average Bonchev–Trinajstić information content (AvgIpc) is 3.29. The van der Waals surface area contributed by atoms with Crippen LogP contribution in [0.25, 0.3) is 0 Å². The molecule has 1 N–H and O–H groups in total. The molecule has 1 saturated carbocycles. The van der Waals surface area contributed by atoms with Crippen LogP contribution in [0.2, 0.25) is 0 Å². The van der Waals surface area contributed by atoms with Gasteiger partial charge in [-0.1, -0.05) is 18.2 Å². The Hall–Kier alpha value is -2.04. The first-order valence-electron chi connectivity index (χ1n) is 8.83. The number of nitrogens with zero attached hydrogens (tertiary/aromatic N) is 1. The van der Waals surface area contributed by atoms with E-state index in [1.165, 1.54) is 5.56 Å². The molecular weight excluding hydrogens is 306 g/mol. The number of aliphatic carboxylic acids is 1. The number of fused-ring (bicyclic) bond motifs is 2. The highest BCUT2D eigenvalue weighted by Gasteiger charge is 2.61. The molecule has 0 radical (unpaired) electrons. The van der Waals surface area contributed by atoms with Gasteiger partial charge in [0.1, 0.15) is 5.75 Å². The summed E-state index contributed by atoms with van der Waals surface area (Å²) in [5.41, 5.74) is 1.17. The number of carboxylic acids is 1. The lowest BCUT2D eigenvalue weighted by Crippen LogP contribution is -2.41. The van der Waals surface area contributed by atoms with Crippen LogP contribution in [-0.2, 0) is 15.0 Å². The molecule has 0 aromatic heterocycles. The Morgan fingerprint density at radius 3 is 2.75 bits per heavy atom. The van der Waals surface area contributed by atoms with Gasteiger partial charge in [-0.25, -0.2) is 0 Å². The maximum atomic E-state index is 12.9. The van der Waals surface area contributed by atoms with E-state index in [9.17, 15) is 9.59 Å². The predicted molar refractivity (Wildman–Crippen MR) is 87.9 cm³/mol. The van der Waals surface area contributed by atoms with E-state index in [0.29, 0.717) is 19.7 Å². The number of amides is 1. The van der Waals surface area contributed by atoms with Crippen molar-refractivity contribution in [2.45, 2.75) is 37.5 Å². The average molecular weight is 329 g/mol. The van der Waals surface area contributed by atoms with Crippen LogP contribution in [0.15, 0.2) is 24.3 Å². The molecule has 5 heteroatoms. The summed E-state index contributed by atoms with van der Waals surface area (Å²) < 4.78 is 5.74. The number of carboxylic acid groups (broad SMARTS) is 1. The van der Waals surface area contributed by atoms with Crippen LogP contribution >= 0.6 is 0 Å². The van der Waals surface area contributed by atoms with E-state index in [-0.39, 0.29) is 29.6 Å². The molecule has 1 saturated heterocycles. The zero-order chi connectivity index (χ0) is 16.7. The molecule has 0 unspecified atom stereocenters. The summed E-state index contributed by atoms with van der Waals surface area (Å²) in [5.74, 6) is 0.724. The quantitative estimate of drug-likeness (QED) is 0.925. The second kappa shape index (κ2) is 5.80. The fourth-order valence-electron chi connectivity index (χ4n) is 4.51. The zero-order valence-corrected chi connectivity index (χ0v) is 13.7. The number of carbonyl (C=O) groups is 2. The second-order valence-electron chi connectivity index (χ2n) is 7.37. The summed E-state index contributed by atoms with van der Waals surface area (Å²) in [7, 11) is 0. The maximum absolute atomic E-state index is 12.9. The van der Waals surface area contributed by atoms with Crippen molar-refractivity contribution in [1.82, 2.24) is 4.90 Å². The third-order valence-electron chi connectivity index (χ3n) is 5.99. The highest BCUT2D eigenvalue weighted by Crippen LogP contribution is 2.61. The van der Waals surface area contributed by atoms with Gasteiger partial charge in [-0.05, 0) is 37.7 Å². The largest absolute Gasteiger partial charge is 0.493 e. The van der Waals surface area contributed by atoms with Crippen LogP contribution < -0.4 is 4.74 Å². The molecular formula is C19H23NO4. The molecule has 2 aliphatic heterocycles. The summed E-state index contributed by atoms with van der Waals surface area (Å²) in [4.78, 5) is 25.7. The monoisotopic (exact) mass is 329 g/mol. The molecule has 1 amide bonds. The Morgan fingerprint density at radius 2 is 2.00 bits per heavy atom. The zero-order valence-electron chi connectivity index (χ0n) is 13.7. The van der Waals surface area contributed by atoms with E-state index in [0.717, 1.165) is 31.4 Å². The van der Waals surface area contributed by atoms with Crippen molar-refractivity contribution in [3.63, 3.8) is 0 Å². The van der Waals surface area contributed by atoms with Gasteiger partial charge in [-0.2, -0.15) is 0 Å². The van der Waals surface area contributed by atoms with Gasteiger partial charge in [0.2, 0.25) is 5.91 Å². The molecule has 5 nitrogen and oxygen atoms in total. The molecule has 2 fully saturated rings. The van der Waals surface area contributed by atoms with Crippen LogP contribution in [0.4, 0.5) is 0 Å². The first-order valence-corrected chi connectivity index (χ1v) is 8.83. The van der Waals surface area contributed by atoms with Gasteiger partial charge < -0.3 is 14.7 Å².